The third kappa shape index (κ3) is 2.18. The number of hydrogen-bond donors (Lipinski definition) is 1. The Morgan fingerprint density at radius 1 is 1.44 bits per heavy atom. The smallest absolute Gasteiger partial charge is 0.276 e. The van der Waals surface area contributed by atoms with Gasteiger partial charge in [-0.2, -0.15) is 0 Å². The van der Waals surface area contributed by atoms with Gasteiger partial charge in [0.15, 0.2) is 11.6 Å². The number of rotatable bonds is 2. The van der Waals surface area contributed by atoms with Crippen molar-refractivity contribution in [1.29, 1.82) is 0 Å². The van der Waals surface area contributed by atoms with Crippen molar-refractivity contribution >= 4 is 5.91 Å². The van der Waals surface area contributed by atoms with E-state index in [-0.39, 0.29) is 5.91 Å². The minimum atomic E-state index is -0.0428. The number of nitrogens with zero attached hydrogens (tertiary/aromatic N) is 2. The van der Waals surface area contributed by atoms with E-state index in [0.717, 1.165) is 25.9 Å². The Hall–Kier alpha value is -1.62. The molecule has 5 heteroatoms. The van der Waals surface area contributed by atoms with Gasteiger partial charge in [0.2, 0.25) is 0 Å². The molecule has 1 fully saturated rings. The summed E-state index contributed by atoms with van der Waals surface area (Å²) in [7, 11) is 0. The minimum Gasteiger partial charge on any atom is -0.448 e. The molecule has 1 aromatic heterocycles. The molecule has 2 aliphatic heterocycles. The van der Waals surface area contributed by atoms with Crippen LogP contribution >= 0.6 is 0 Å². The zero-order chi connectivity index (χ0) is 12.4. The molecule has 1 unspecified atom stereocenters. The number of oxazole rings is 1. The van der Waals surface area contributed by atoms with Crippen LogP contribution in [0.4, 0.5) is 0 Å². The van der Waals surface area contributed by atoms with Crippen molar-refractivity contribution in [3.63, 3.8) is 0 Å². The number of aromatic nitrogens is 1. The van der Waals surface area contributed by atoms with Crippen LogP contribution in [0.1, 0.15) is 35.1 Å². The molecule has 5 nitrogen and oxygen atoms in total. The van der Waals surface area contributed by atoms with E-state index in [4.69, 9.17) is 4.42 Å². The molecule has 0 radical (unpaired) electrons. The highest BCUT2D eigenvalue weighted by molar-refractivity contribution is 5.92. The normalized spacial score (nSPS) is 23.6. The first kappa shape index (κ1) is 11.5. The first-order chi connectivity index (χ1) is 8.84. The number of carbonyl (C=O) groups is 1. The molecular weight excluding hydrogens is 230 g/mol. The Morgan fingerprint density at radius 3 is 3.00 bits per heavy atom. The lowest BCUT2D eigenvalue weighted by Gasteiger charge is -2.19. The van der Waals surface area contributed by atoms with Gasteiger partial charge >= 0.3 is 0 Å². The van der Waals surface area contributed by atoms with Crippen molar-refractivity contribution < 1.29 is 9.21 Å². The van der Waals surface area contributed by atoms with Gasteiger partial charge in [-0.25, -0.2) is 4.98 Å². The molecule has 3 heterocycles. The maximum absolute atomic E-state index is 12.1. The van der Waals surface area contributed by atoms with Gasteiger partial charge in [-0.1, -0.05) is 12.2 Å². The molecule has 3 rings (SSSR count). The summed E-state index contributed by atoms with van der Waals surface area (Å²) in [5, 5.41) is 3.32. The molecule has 0 aromatic carbocycles. The Kier molecular flexibility index (Phi) is 3.15. The quantitative estimate of drug-likeness (QED) is 0.797. The van der Waals surface area contributed by atoms with E-state index in [1.807, 2.05) is 12.2 Å². The van der Waals surface area contributed by atoms with E-state index >= 15 is 0 Å². The van der Waals surface area contributed by atoms with Crippen LogP contribution < -0.4 is 5.32 Å². The summed E-state index contributed by atoms with van der Waals surface area (Å²) < 4.78 is 5.47. The highest BCUT2D eigenvalue weighted by atomic mass is 16.3. The van der Waals surface area contributed by atoms with Gasteiger partial charge in [-0.3, -0.25) is 4.79 Å². The molecule has 1 N–H and O–H groups in total. The SMILES string of the molecule is O=C(c1coc(C2CCCNC2)n1)N1CC=CC1. The first-order valence-electron chi connectivity index (χ1n) is 6.45. The molecule has 2 aliphatic rings. The minimum absolute atomic E-state index is 0.0428. The molecular formula is C13H17N3O2. The summed E-state index contributed by atoms with van der Waals surface area (Å²) in [6.07, 6.45) is 7.68. The third-order valence-corrected chi connectivity index (χ3v) is 3.49. The van der Waals surface area contributed by atoms with Crippen LogP contribution in [0.25, 0.3) is 0 Å². The van der Waals surface area contributed by atoms with Gasteiger partial charge in [-0.05, 0) is 19.4 Å². The average Bonchev–Trinajstić information content (AvgIpc) is 3.10. The van der Waals surface area contributed by atoms with E-state index in [1.54, 1.807) is 4.90 Å². The molecule has 0 spiro atoms. The predicted molar refractivity (Wildman–Crippen MR) is 66.4 cm³/mol. The van der Waals surface area contributed by atoms with Crippen LogP contribution in [0.15, 0.2) is 22.8 Å². The largest absolute Gasteiger partial charge is 0.448 e. The number of piperidine rings is 1. The lowest BCUT2D eigenvalue weighted by molar-refractivity contribution is 0.0794. The summed E-state index contributed by atoms with van der Waals surface area (Å²) in [5.74, 6) is 0.952. The lowest BCUT2D eigenvalue weighted by atomic mass is 10.00. The summed E-state index contributed by atoms with van der Waals surface area (Å²) in [6, 6.07) is 0. The van der Waals surface area contributed by atoms with Gasteiger partial charge in [0.25, 0.3) is 5.91 Å². The van der Waals surface area contributed by atoms with Gasteiger partial charge < -0.3 is 14.6 Å². The van der Waals surface area contributed by atoms with Gasteiger partial charge in [0, 0.05) is 25.6 Å². The molecule has 96 valence electrons. The molecule has 1 aromatic rings. The predicted octanol–water partition coefficient (Wildman–Crippen LogP) is 1.15. The second-order valence-corrected chi connectivity index (χ2v) is 4.80. The zero-order valence-corrected chi connectivity index (χ0v) is 10.3. The Morgan fingerprint density at radius 2 is 2.28 bits per heavy atom. The van der Waals surface area contributed by atoms with Gasteiger partial charge in [0.05, 0.1) is 0 Å². The molecule has 1 atom stereocenters. The highest BCUT2D eigenvalue weighted by Gasteiger charge is 2.24. The standard InChI is InChI=1S/C13H17N3O2/c17-13(16-6-1-2-7-16)11-9-18-12(15-11)10-4-3-5-14-8-10/h1-2,9-10,14H,3-8H2. The van der Waals surface area contributed by atoms with Crippen molar-refractivity contribution in [3.8, 4) is 0 Å². The number of nitrogens with one attached hydrogen (secondary N) is 1. The van der Waals surface area contributed by atoms with E-state index in [2.05, 4.69) is 10.3 Å². The van der Waals surface area contributed by atoms with Crippen molar-refractivity contribution in [2.24, 2.45) is 0 Å². The number of hydrogen-bond acceptors (Lipinski definition) is 4. The fraction of sp³-hybridized carbons (Fsp3) is 0.538. The summed E-state index contributed by atoms with van der Waals surface area (Å²) in [6.45, 7) is 3.29. The average molecular weight is 247 g/mol. The van der Waals surface area contributed by atoms with Crippen LogP contribution in [-0.2, 0) is 0 Å². The number of carbonyl (C=O) groups excluding carboxylic acids is 1. The fourth-order valence-corrected chi connectivity index (χ4v) is 2.44. The second-order valence-electron chi connectivity index (χ2n) is 4.80. The van der Waals surface area contributed by atoms with Crippen LogP contribution in [0.2, 0.25) is 0 Å². The number of amides is 1. The van der Waals surface area contributed by atoms with E-state index in [9.17, 15) is 4.79 Å². The van der Waals surface area contributed by atoms with Gasteiger partial charge in [-0.15, -0.1) is 0 Å². The van der Waals surface area contributed by atoms with E-state index in [1.165, 1.54) is 6.26 Å². The third-order valence-electron chi connectivity index (χ3n) is 3.49. The Bertz CT molecular complexity index is 453. The molecule has 1 amide bonds. The first-order valence-corrected chi connectivity index (χ1v) is 6.45. The molecule has 0 bridgehead atoms. The van der Waals surface area contributed by atoms with Crippen molar-refractivity contribution in [1.82, 2.24) is 15.2 Å². The van der Waals surface area contributed by atoms with Crippen molar-refractivity contribution in [3.05, 3.63) is 30.0 Å². The van der Waals surface area contributed by atoms with Crippen LogP contribution in [0.3, 0.4) is 0 Å². The zero-order valence-electron chi connectivity index (χ0n) is 10.3. The highest BCUT2D eigenvalue weighted by Crippen LogP contribution is 2.22. The van der Waals surface area contributed by atoms with E-state index in [0.29, 0.717) is 30.6 Å². The maximum atomic E-state index is 12.1. The molecule has 0 saturated carbocycles. The summed E-state index contributed by atoms with van der Waals surface area (Å²) >= 11 is 0. The maximum Gasteiger partial charge on any atom is 0.276 e. The monoisotopic (exact) mass is 247 g/mol. The van der Waals surface area contributed by atoms with Crippen molar-refractivity contribution in [2.45, 2.75) is 18.8 Å². The van der Waals surface area contributed by atoms with Crippen LogP contribution in [0.5, 0.6) is 0 Å². The van der Waals surface area contributed by atoms with Crippen LogP contribution in [-0.4, -0.2) is 42.0 Å². The Labute approximate surface area is 106 Å². The van der Waals surface area contributed by atoms with E-state index < -0.39 is 0 Å². The topological polar surface area (TPSA) is 58.4 Å². The lowest BCUT2D eigenvalue weighted by Crippen LogP contribution is -2.29. The van der Waals surface area contributed by atoms with Crippen molar-refractivity contribution in [2.75, 3.05) is 26.2 Å². The summed E-state index contributed by atoms with van der Waals surface area (Å²) in [5.41, 5.74) is 0.430. The van der Waals surface area contributed by atoms with Crippen LogP contribution in [0, 0.1) is 0 Å². The molecule has 0 aliphatic carbocycles. The molecule has 1 saturated heterocycles. The fourth-order valence-electron chi connectivity index (χ4n) is 2.44. The Balaban J connectivity index is 1.70. The second kappa shape index (κ2) is 4.94. The van der Waals surface area contributed by atoms with Gasteiger partial charge in [0.1, 0.15) is 6.26 Å². The summed E-state index contributed by atoms with van der Waals surface area (Å²) in [4.78, 5) is 18.2. The molecule has 18 heavy (non-hydrogen) atoms.